The maximum atomic E-state index is 11.8. The number of hydrogen-bond acceptors (Lipinski definition) is 3. The fourth-order valence-corrected chi connectivity index (χ4v) is 1.53. The molecule has 0 spiro atoms. The highest BCUT2D eigenvalue weighted by atomic mass is 35.5. The maximum absolute atomic E-state index is 11.8. The Morgan fingerprint density at radius 3 is 2.42 bits per heavy atom. The first-order chi connectivity index (χ1) is 8.81. The topological polar surface area (TPSA) is 104 Å². The number of benzene rings is 1. The van der Waals surface area contributed by atoms with Crippen LogP contribution in [0, 0.1) is 6.92 Å². The van der Waals surface area contributed by atoms with Crippen LogP contribution in [0.2, 0.25) is 5.02 Å². The van der Waals surface area contributed by atoms with Crippen LogP contribution in [-0.2, 0) is 9.59 Å². The summed E-state index contributed by atoms with van der Waals surface area (Å²) in [6.07, 6.45) is -0.694. The summed E-state index contributed by atoms with van der Waals surface area (Å²) in [5.41, 5.74) is 0.950. The van der Waals surface area contributed by atoms with Crippen molar-refractivity contribution in [3.05, 3.63) is 34.3 Å². The van der Waals surface area contributed by atoms with Crippen LogP contribution in [0.25, 0.3) is 0 Å². The summed E-state index contributed by atoms with van der Waals surface area (Å²) in [6, 6.07) is 3.01. The summed E-state index contributed by atoms with van der Waals surface area (Å²) in [4.78, 5) is 33.1. The third-order valence-electron chi connectivity index (χ3n) is 2.42. The van der Waals surface area contributed by atoms with E-state index in [2.05, 4.69) is 5.32 Å². The summed E-state index contributed by atoms with van der Waals surface area (Å²) in [6.45, 7) is 1.76. The Kier molecular flexibility index (Phi) is 4.88. The van der Waals surface area contributed by atoms with Crippen molar-refractivity contribution in [2.24, 2.45) is 0 Å². The van der Waals surface area contributed by atoms with Gasteiger partial charge in [-0.25, -0.2) is 4.79 Å². The Labute approximate surface area is 114 Å². The van der Waals surface area contributed by atoms with Crippen molar-refractivity contribution in [3.8, 4) is 0 Å². The minimum atomic E-state index is -1.48. The molecule has 0 aliphatic heterocycles. The first-order valence-corrected chi connectivity index (χ1v) is 5.70. The number of aliphatic carboxylic acids is 2. The van der Waals surface area contributed by atoms with Gasteiger partial charge in [-0.1, -0.05) is 17.7 Å². The highest BCUT2D eigenvalue weighted by molar-refractivity contribution is 6.31. The number of halogens is 1. The van der Waals surface area contributed by atoms with Gasteiger partial charge in [-0.3, -0.25) is 9.59 Å². The Morgan fingerprint density at radius 2 is 1.95 bits per heavy atom. The number of hydrogen-bond donors (Lipinski definition) is 3. The monoisotopic (exact) mass is 285 g/mol. The molecule has 1 rings (SSSR count). The quantitative estimate of drug-likeness (QED) is 0.756. The van der Waals surface area contributed by atoms with Crippen LogP contribution < -0.4 is 5.32 Å². The van der Waals surface area contributed by atoms with Crippen molar-refractivity contribution in [1.29, 1.82) is 0 Å². The van der Waals surface area contributed by atoms with E-state index in [1.165, 1.54) is 12.1 Å². The number of carbonyl (C=O) groups excluding carboxylic acids is 1. The van der Waals surface area contributed by atoms with Crippen molar-refractivity contribution >= 4 is 29.4 Å². The number of carboxylic acid groups (broad SMARTS) is 2. The first kappa shape index (κ1) is 15.0. The summed E-state index contributed by atoms with van der Waals surface area (Å²) in [5, 5.41) is 19.9. The van der Waals surface area contributed by atoms with Crippen molar-refractivity contribution in [2.75, 3.05) is 0 Å². The minimum absolute atomic E-state index is 0.173. The van der Waals surface area contributed by atoms with Gasteiger partial charge in [0.1, 0.15) is 6.04 Å². The molecule has 3 N–H and O–H groups in total. The van der Waals surface area contributed by atoms with E-state index >= 15 is 0 Å². The Hall–Kier alpha value is -2.08. The lowest BCUT2D eigenvalue weighted by Crippen LogP contribution is -2.42. The summed E-state index contributed by atoms with van der Waals surface area (Å²) >= 11 is 5.85. The van der Waals surface area contributed by atoms with Crippen LogP contribution in [0.1, 0.15) is 22.3 Å². The maximum Gasteiger partial charge on any atom is 0.326 e. The van der Waals surface area contributed by atoms with Crippen LogP contribution in [0.15, 0.2) is 18.2 Å². The largest absolute Gasteiger partial charge is 0.481 e. The van der Waals surface area contributed by atoms with E-state index < -0.39 is 30.3 Å². The summed E-state index contributed by atoms with van der Waals surface area (Å²) < 4.78 is 0. The van der Waals surface area contributed by atoms with Crippen LogP contribution >= 0.6 is 11.6 Å². The van der Waals surface area contributed by atoms with Crippen molar-refractivity contribution < 1.29 is 24.6 Å². The molecule has 0 radical (unpaired) electrons. The third-order valence-corrected chi connectivity index (χ3v) is 2.82. The second kappa shape index (κ2) is 6.19. The summed E-state index contributed by atoms with van der Waals surface area (Å²) in [5.74, 6) is -3.40. The number of aryl methyl sites for hydroxylation is 1. The Morgan fingerprint density at radius 1 is 1.32 bits per heavy atom. The molecular weight excluding hydrogens is 274 g/mol. The number of carboxylic acids is 2. The Balaban J connectivity index is 2.84. The molecule has 0 bridgehead atoms. The molecule has 7 heteroatoms. The fourth-order valence-electron chi connectivity index (χ4n) is 1.35. The second-order valence-corrected chi connectivity index (χ2v) is 4.33. The zero-order valence-electron chi connectivity index (χ0n) is 10.0. The van der Waals surface area contributed by atoms with E-state index in [4.69, 9.17) is 21.8 Å². The molecule has 0 aliphatic carbocycles. The molecular formula is C12H12ClNO5. The molecule has 1 aromatic carbocycles. The highest BCUT2D eigenvalue weighted by Gasteiger charge is 2.23. The lowest BCUT2D eigenvalue weighted by Gasteiger charge is -2.12. The van der Waals surface area contributed by atoms with Crippen LogP contribution in [0.5, 0.6) is 0 Å². The minimum Gasteiger partial charge on any atom is -0.481 e. The normalized spacial score (nSPS) is 11.7. The van der Waals surface area contributed by atoms with Gasteiger partial charge in [-0.2, -0.15) is 0 Å². The highest BCUT2D eigenvalue weighted by Crippen LogP contribution is 2.16. The first-order valence-electron chi connectivity index (χ1n) is 5.33. The molecule has 0 aromatic heterocycles. The average molecular weight is 286 g/mol. The van der Waals surface area contributed by atoms with E-state index in [-0.39, 0.29) is 5.56 Å². The molecule has 0 unspecified atom stereocenters. The SMILES string of the molecule is Cc1ccc(C(=O)N[C@@H](CC(=O)O)C(=O)O)cc1Cl. The molecule has 0 aliphatic rings. The van der Waals surface area contributed by atoms with Crippen LogP contribution in [0.4, 0.5) is 0 Å². The van der Waals surface area contributed by atoms with E-state index in [0.29, 0.717) is 5.02 Å². The van der Waals surface area contributed by atoms with Gasteiger partial charge < -0.3 is 15.5 Å². The Bertz CT molecular complexity index is 529. The van der Waals surface area contributed by atoms with Gasteiger partial charge in [0.25, 0.3) is 5.91 Å². The van der Waals surface area contributed by atoms with Crippen molar-refractivity contribution in [2.45, 2.75) is 19.4 Å². The van der Waals surface area contributed by atoms with Gasteiger partial charge in [0.2, 0.25) is 0 Å². The van der Waals surface area contributed by atoms with Crippen LogP contribution in [-0.4, -0.2) is 34.1 Å². The lowest BCUT2D eigenvalue weighted by atomic mass is 10.1. The van der Waals surface area contributed by atoms with E-state index in [9.17, 15) is 14.4 Å². The molecule has 1 atom stereocenters. The van der Waals surface area contributed by atoms with Gasteiger partial charge in [0, 0.05) is 10.6 Å². The van der Waals surface area contributed by atoms with E-state index in [0.717, 1.165) is 5.56 Å². The van der Waals surface area contributed by atoms with E-state index in [1.54, 1.807) is 13.0 Å². The zero-order chi connectivity index (χ0) is 14.6. The van der Waals surface area contributed by atoms with E-state index in [1.807, 2.05) is 0 Å². The van der Waals surface area contributed by atoms with Gasteiger partial charge >= 0.3 is 11.9 Å². The number of rotatable bonds is 5. The molecule has 0 saturated carbocycles. The molecule has 1 aromatic rings. The van der Waals surface area contributed by atoms with Crippen molar-refractivity contribution in [1.82, 2.24) is 5.32 Å². The number of carbonyl (C=O) groups is 3. The molecule has 102 valence electrons. The second-order valence-electron chi connectivity index (χ2n) is 3.93. The molecule has 0 heterocycles. The molecule has 1 amide bonds. The predicted octanol–water partition coefficient (Wildman–Crippen LogP) is 1.31. The van der Waals surface area contributed by atoms with Gasteiger partial charge in [0.05, 0.1) is 6.42 Å². The molecule has 19 heavy (non-hydrogen) atoms. The zero-order valence-corrected chi connectivity index (χ0v) is 10.8. The lowest BCUT2D eigenvalue weighted by molar-refractivity contribution is -0.145. The third kappa shape index (κ3) is 4.26. The van der Waals surface area contributed by atoms with Crippen molar-refractivity contribution in [3.63, 3.8) is 0 Å². The molecule has 6 nitrogen and oxygen atoms in total. The van der Waals surface area contributed by atoms with Gasteiger partial charge in [-0.15, -0.1) is 0 Å². The smallest absolute Gasteiger partial charge is 0.326 e. The number of nitrogens with one attached hydrogen (secondary N) is 1. The fraction of sp³-hybridized carbons (Fsp3) is 0.250. The summed E-state index contributed by atoms with van der Waals surface area (Å²) in [7, 11) is 0. The van der Waals surface area contributed by atoms with Gasteiger partial charge in [0.15, 0.2) is 0 Å². The predicted molar refractivity (Wildman–Crippen MR) is 67.3 cm³/mol. The number of amides is 1. The molecule has 0 fully saturated rings. The van der Waals surface area contributed by atoms with Crippen LogP contribution in [0.3, 0.4) is 0 Å². The standard InChI is InChI=1S/C12H12ClNO5/c1-6-2-3-7(4-8(6)13)11(17)14-9(12(18)19)5-10(15)16/h2-4,9H,5H2,1H3,(H,14,17)(H,15,16)(H,18,19)/t9-/m0/s1. The average Bonchev–Trinajstić information content (AvgIpc) is 2.31. The van der Waals surface area contributed by atoms with Gasteiger partial charge in [-0.05, 0) is 24.6 Å². The molecule has 0 saturated heterocycles.